The van der Waals surface area contributed by atoms with Gasteiger partial charge in [0.2, 0.25) is 0 Å². The van der Waals surface area contributed by atoms with Crippen molar-refractivity contribution < 1.29 is 8.42 Å². The van der Waals surface area contributed by atoms with Crippen LogP contribution in [0, 0.1) is 0 Å². The van der Waals surface area contributed by atoms with Gasteiger partial charge in [-0.05, 0) is 43.9 Å². The van der Waals surface area contributed by atoms with Crippen molar-refractivity contribution in [3.05, 3.63) is 34.3 Å². The molecule has 0 fully saturated rings. The van der Waals surface area contributed by atoms with E-state index in [9.17, 15) is 8.42 Å². The molecule has 0 aliphatic heterocycles. The van der Waals surface area contributed by atoms with Crippen molar-refractivity contribution in [2.45, 2.75) is 38.6 Å². The minimum atomic E-state index is -2.86. The van der Waals surface area contributed by atoms with Crippen LogP contribution >= 0.6 is 15.9 Å². The molecule has 1 aromatic rings. The summed E-state index contributed by atoms with van der Waals surface area (Å²) in [6, 6.07) is 8.53. The van der Waals surface area contributed by atoms with Gasteiger partial charge < -0.3 is 5.32 Å². The molecule has 3 nitrogen and oxygen atoms in total. The molecule has 0 heterocycles. The summed E-state index contributed by atoms with van der Waals surface area (Å²) in [7, 11) is -2.86. The summed E-state index contributed by atoms with van der Waals surface area (Å²) in [5.74, 6) is 0.271. The van der Waals surface area contributed by atoms with Gasteiger partial charge in [0, 0.05) is 22.5 Å². The van der Waals surface area contributed by atoms with Gasteiger partial charge in [-0.1, -0.05) is 41.1 Å². The largest absolute Gasteiger partial charge is 0.314 e. The van der Waals surface area contributed by atoms with Crippen molar-refractivity contribution in [1.82, 2.24) is 5.32 Å². The number of hydrogen-bond acceptors (Lipinski definition) is 3. The zero-order chi connectivity index (χ0) is 15.0. The Morgan fingerprint density at radius 1 is 1.30 bits per heavy atom. The van der Waals surface area contributed by atoms with E-state index < -0.39 is 9.84 Å². The highest BCUT2D eigenvalue weighted by Gasteiger charge is 2.12. The van der Waals surface area contributed by atoms with Crippen LogP contribution < -0.4 is 5.32 Å². The van der Waals surface area contributed by atoms with Crippen LogP contribution in [-0.4, -0.2) is 33.0 Å². The predicted octanol–water partition coefficient (Wildman–Crippen LogP) is 3.18. The van der Waals surface area contributed by atoms with Crippen molar-refractivity contribution in [3.8, 4) is 0 Å². The van der Waals surface area contributed by atoms with E-state index in [1.807, 2.05) is 18.2 Å². The second-order valence-electron chi connectivity index (χ2n) is 5.22. The molecule has 0 bridgehead atoms. The average molecular weight is 362 g/mol. The quantitative estimate of drug-likeness (QED) is 0.734. The van der Waals surface area contributed by atoms with E-state index in [4.69, 9.17) is 0 Å². The standard InChI is InChI=1S/C15H24BrNO2S/c1-3-10-17-14(8-6-11-20(2,18)19)12-13-7-4-5-9-15(13)16/h4-5,7,9,14,17H,3,6,8,10-12H2,1-2H3. The molecule has 0 radical (unpaired) electrons. The molecule has 5 heteroatoms. The number of benzene rings is 1. The zero-order valence-corrected chi connectivity index (χ0v) is 14.6. The molecular weight excluding hydrogens is 338 g/mol. The van der Waals surface area contributed by atoms with Crippen LogP contribution in [0.15, 0.2) is 28.7 Å². The molecule has 0 spiro atoms. The molecule has 0 aliphatic rings. The Balaban J connectivity index is 2.57. The van der Waals surface area contributed by atoms with E-state index in [1.54, 1.807) is 0 Å². The molecule has 0 saturated heterocycles. The summed E-state index contributed by atoms with van der Waals surface area (Å²) >= 11 is 3.57. The van der Waals surface area contributed by atoms with Gasteiger partial charge in [0.25, 0.3) is 0 Å². The highest BCUT2D eigenvalue weighted by Crippen LogP contribution is 2.19. The molecule has 20 heavy (non-hydrogen) atoms. The predicted molar refractivity (Wildman–Crippen MR) is 88.9 cm³/mol. The van der Waals surface area contributed by atoms with Gasteiger partial charge >= 0.3 is 0 Å². The third kappa shape index (κ3) is 7.41. The monoisotopic (exact) mass is 361 g/mol. The number of hydrogen-bond donors (Lipinski definition) is 1. The molecule has 114 valence electrons. The first-order chi connectivity index (χ1) is 9.42. The minimum Gasteiger partial charge on any atom is -0.314 e. The van der Waals surface area contributed by atoms with Crippen molar-refractivity contribution in [1.29, 1.82) is 0 Å². The van der Waals surface area contributed by atoms with Crippen LogP contribution in [-0.2, 0) is 16.3 Å². The molecule has 0 aromatic heterocycles. The fourth-order valence-corrected chi connectivity index (χ4v) is 3.28. The summed E-state index contributed by atoms with van der Waals surface area (Å²) in [6.07, 6.45) is 4.90. The summed E-state index contributed by atoms with van der Waals surface area (Å²) in [5, 5.41) is 3.52. The summed E-state index contributed by atoms with van der Waals surface area (Å²) in [6.45, 7) is 3.10. The summed E-state index contributed by atoms with van der Waals surface area (Å²) in [4.78, 5) is 0. The van der Waals surface area contributed by atoms with Gasteiger partial charge in [0.05, 0.1) is 0 Å². The molecule has 1 N–H and O–H groups in total. The van der Waals surface area contributed by atoms with Gasteiger partial charge in [0.1, 0.15) is 9.84 Å². The second-order valence-corrected chi connectivity index (χ2v) is 8.33. The summed E-state index contributed by atoms with van der Waals surface area (Å²) < 4.78 is 23.5. The lowest BCUT2D eigenvalue weighted by molar-refractivity contribution is 0.471. The van der Waals surface area contributed by atoms with Gasteiger partial charge in [-0.15, -0.1) is 0 Å². The highest BCUT2D eigenvalue weighted by atomic mass is 79.9. The SMILES string of the molecule is CCCNC(CCCS(C)(=O)=O)Cc1ccccc1Br. The van der Waals surface area contributed by atoms with Gasteiger partial charge in [-0.25, -0.2) is 8.42 Å². The number of nitrogens with one attached hydrogen (secondary N) is 1. The van der Waals surface area contributed by atoms with Gasteiger partial charge in [0.15, 0.2) is 0 Å². The van der Waals surface area contributed by atoms with E-state index in [0.717, 1.165) is 30.3 Å². The van der Waals surface area contributed by atoms with Crippen LogP contribution in [0.4, 0.5) is 0 Å². The van der Waals surface area contributed by atoms with E-state index in [0.29, 0.717) is 12.5 Å². The van der Waals surface area contributed by atoms with Crippen LogP contribution in [0.2, 0.25) is 0 Å². The van der Waals surface area contributed by atoms with E-state index in [2.05, 4.69) is 34.2 Å². The third-order valence-electron chi connectivity index (χ3n) is 3.17. The summed E-state index contributed by atoms with van der Waals surface area (Å²) in [5.41, 5.74) is 1.26. The maximum absolute atomic E-state index is 11.2. The molecule has 0 saturated carbocycles. The molecule has 1 unspecified atom stereocenters. The number of sulfone groups is 1. The second kappa shape index (κ2) is 8.80. The average Bonchev–Trinajstić information content (AvgIpc) is 2.36. The maximum Gasteiger partial charge on any atom is 0.147 e. The van der Waals surface area contributed by atoms with E-state index in [1.165, 1.54) is 11.8 Å². The number of halogens is 1. The fourth-order valence-electron chi connectivity index (χ4n) is 2.15. The van der Waals surface area contributed by atoms with Crippen molar-refractivity contribution in [3.63, 3.8) is 0 Å². The van der Waals surface area contributed by atoms with Gasteiger partial charge in [-0.3, -0.25) is 0 Å². The lowest BCUT2D eigenvalue weighted by Crippen LogP contribution is -2.32. The number of rotatable bonds is 9. The van der Waals surface area contributed by atoms with Crippen molar-refractivity contribution in [2.75, 3.05) is 18.6 Å². The first-order valence-electron chi connectivity index (χ1n) is 7.07. The Morgan fingerprint density at radius 2 is 2.00 bits per heavy atom. The topological polar surface area (TPSA) is 46.2 Å². The van der Waals surface area contributed by atoms with E-state index >= 15 is 0 Å². The zero-order valence-electron chi connectivity index (χ0n) is 12.2. The fraction of sp³-hybridized carbons (Fsp3) is 0.600. The molecule has 1 rings (SSSR count). The highest BCUT2D eigenvalue weighted by molar-refractivity contribution is 9.10. The van der Waals surface area contributed by atoms with Gasteiger partial charge in [-0.2, -0.15) is 0 Å². The Morgan fingerprint density at radius 3 is 2.60 bits per heavy atom. The third-order valence-corrected chi connectivity index (χ3v) is 4.98. The Bertz CT molecular complexity index is 502. The molecule has 1 atom stereocenters. The molecule has 1 aromatic carbocycles. The van der Waals surface area contributed by atoms with Crippen molar-refractivity contribution >= 4 is 25.8 Å². The molecule has 0 aliphatic carbocycles. The van der Waals surface area contributed by atoms with Crippen LogP contribution in [0.1, 0.15) is 31.7 Å². The normalized spacial score (nSPS) is 13.3. The van der Waals surface area contributed by atoms with Crippen molar-refractivity contribution in [2.24, 2.45) is 0 Å². The first kappa shape index (κ1) is 17.7. The van der Waals surface area contributed by atoms with Crippen LogP contribution in [0.3, 0.4) is 0 Å². The lowest BCUT2D eigenvalue weighted by atomic mass is 10.0. The Hall–Kier alpha value is -0.390. The van der Waals surface area contributed by atoms with Crippen LogP contribution in [0.5, 0.6) is 0 Å². The Kier molecular flexibility index (Phi) is 7.77. The lowest BCUT2D eigenvalue weighted by Gasteiger charge is -2.19. The smallest absolute Gasteiger partial charge is 0.147 e. The van der Waals surface area contributed by atoms with E-state index in [-0.39, 0.29) is 5.75 Å². The maximum atomic E-state index is 11.2. The first-order valence-corrected chi connectivity index (χ1v) is 9.92. The minimum absolute atomic E-state index is 0.271. The Labute approximate surface area is 131 Å². The molecule has 0 amide bonds. The molecular formula is C15H24BrNO2S. The van der Waals surface area contributed by atoms with Crippen LogP contribution in [0.25, 0.3) is 0 Å².